The van der Waals surface area contributed by atoms with Crippen LogP contribution in [0.4, 0.5) is 11.4 Å². The molecule has 2 aromatic rings. The van der Waals surface area contributed by atoms with Crippen LogP contribution in [-0.2, 0) is 6.54 Å². The van der Waals surface area contributed by atoms with E-state index in [-0.39, 0.29) is 0 Å². The van der Waals surface area contributed by atoms with Crippen LogP contribution in [0.5, 0.6) is 0 Å². The van der Waals surface area contributed by atoms with Gasteiger partial charge < -0.3 is 10.6 Å². The van der Waals surface area contributed by atoms with Crippen molar-refractivity contribution in [1.82, 2.24) is 9.78 Å². The number of nitrogens with zero attached hydrogens (tertiary/aromatic N) is 2. The smallest absolute Gasteiger partial charge is 0.175 e. The van der Waals surface area contributed by atoms with Gasteiger partial charge in [0.15, 0.2) is 5.11 Å². The summed E-state index contributed by atoms with van der Waals surface area (Å²) in [7, 11) is 0. The molecular formula is C13H14Cl2N4S. The first-order valence-electron chi connectivity index (χ1n) is 6.06. The van der Waals surface area contributed by atoms with E-state index in [9.17, 15) is 0 Å². The van der Waals surface area contributed by atoms with E-state index in [1.54, 1.807) is 12.1 Å². The lowest BCUT2D eigenvalue weighted by Gasteiger charge is -2.10. The number of anilines is 2. The molecule has 106 valence electrons. The molecule has 0 aliphatic rings. The van der Waals surface area contributed by atoms with E-state index in [1.165, 1.54) is 0 Å². The van der Waals surface area contributed by atoms with Crippen molar-refractivity contribution in [1.29, 1.82) is 0 Å². The highest BCUT2D eigenvalue weighted by molar-refractivity contribution is 7.80. The van der Waals surface area contributed by atoms with Gasteiger partial charge in [-0.25, -0.2) is 0 Å². The molecule has 2 rings (SSSR count). The Morgan fingerprint density at radius 3 is 2.65 bits per heavy atom. The van der Waals surface area contributed by atoms with Crippen LogP contribution < -0.4 is 10.6 Å². The fourth-order valence-electron chi connectivity index (χ4n) is 1.66. The lowest BCUT2D eigenvalue weighted by Crippen LogP contribution is -2.19. The number of halogens is 2. The Morgan fingerprint density at radius 1 is 1.30 bits per heavy atom. The summed E-state index contributed by atoms with van der Waals surface area (Å²) in [5.74, 6) is 0. The number of thiocarbonyl (C=S) groups is 1. The lowest BCUT2D eigenvalue weighted by molar-refractivity contribution is 0.653. The fraction of sp³-hybridized carbons (Fsp3) is 0.231. The molecule has 2 N–H and O–H groups in total. The van der Waals surface area contributed by atoms with Crippen LogP contribution in [0.15, 0.2) is 24.4 Å². The third-order valence-electron chi connectivity index (χ3n) is 2.70. The minimum absolute atomic E-state index is 0.474. The number of aryl methyl sites for hydroxylation is 2. The molecule has 4 nitrogen and oxygen atoms in total. The van der Waals surface area contributed by atoms with Gasteiger partial charge >= 0.3 is 0 Å². The third-order valence-corrected chi connectivity index (χ3v) is 3.64. The molecule has 0 unspecified atom stereocenters. The molecule has 1 heterocycles. The molecule has 0 aliphatic carbocycles. The zero-order chi connectivity index (χ0) is 14.7. The first kappa shape index (κ1) is 15.1. The van der Waals surface area contributed by atoms with Crippen molar-refractivity contribution in [2.24, 2.45) is 0 Å². The Morgan fingerprint density at radius 2 is 2.05 bits per heavy atom. The van der Waals surface area contributed by atoms with Crippen molar-refractivity contribution >= 4 is 51.9 Å². The summed E-state index contributed by atoms with van der Waals surface area (Å²) >= 11 is 17.1. The van der Waals surface area contributed by atoms with Gasteiger partial charge in [-0.2, -0.15) is 5.10 Å². The average Bonchev–Trinajstić information content (AvgIpc) is 2.74. The molecule has 20 heavy (non-hydrogen) atoms. The fourth-order valence-corrected chi connectivity index (χ4v) is 2.19. The molecule has 0 saturated heterocycles. The van der Waals surface area contributed by atoms with Gasteiger partial charge in [-0.05, 0) is 44.3 Å². The Balaban J connectivity index is 2.04. The van der Waals surface area contributed by atoms with Crippen molar-refractivity contribution in [3.63, 3.8) is 0 Å². The summed E-state index contributed by atoms with van der Waals surface area (Å²) in [5, 5.41) is 12.0. The monoisotopic (exact) mass is 328 g/mol. The van der Waals surface area contributed by atoms with Gasteiger partial charge in [0.2, 0.25) is 0 Å². The minimum Gasteiger partial charge on any atom is -0.332 e. The maximum absolute atomic E-state index is 5.96. The van der Waals surface area contributed by atoms with Gasteiger partial charge in [0.1, 0.15) is 0 Å². The molecule has 0 bridgehead atoms. The maximum atomic E-state index is 5.96. The van der Waals surface area contributed by atoms with E-state index in [4.69, 9.17) is 35.4 Å². The number of hydrogen-bond acceptors (Lipinski definition) is 2. The topological polar surface area (TPSA) is 41.9 Å². The van der Waals surface area contributed by atoms with Crippen LogP contribution in [0.2, 0.25) is 10.0 Å². The molecule has 0 atom stereocenters. The van der Waals surface area contributed by atoms with Crippen LogP contribution in [0.25, 0.3) is 0 Å². The largest absolute Gasteiger partial charge is 0.332 e. The van der Waals surface area contributed by atoms with E-state index in [1.807, 2.05) is 30.8 Å². The highest BCUT2D eigenvalue weighted by Gasteiger charge is 2.07. The summed E-state index contributed by atoms with van der Waals surface area (Å²) in [6.07, 6.45) is 1.91. The number of rotatable bonds is 3. The van der Waals surface area contributed by atoms with Gasteiger partial charge in [0.05, 0.1) is 21.4 Å². The SMILES string of the molecule is CCn1cc(NC(=S)Nc2ccc(Cl)c(Cl)c2)c(C)n1. The second-order valence-electron chi connectivity index (χ2n) is 4.19. The summed E-state index contributed by atoms with van der Waals surface area (Å²) in [6.45, 7) is 4.77. The average molecular weight is 329 g/mol. The van der Waals surface area contributed by atoms with E-state index in [2.05, 4.69) is 15.7 Å². The van der Waals surface area contributed by atoms with E-state index in [0.717, 1.165) is 23.6 Å². The summed E-state index contributed by atoms with van der Waals surface area (Å²) in [5.41, 5.74) is 2.55. The molecule has 0 aliphatic heterocycles. The molecule has 0 amide bonds. The Hall–Kier alpha value is -1.30. The van der Waals surface area contributed by atoms with Crippen LogP contribution >= 0.6 is 35.4 Å². The highest BCUT2D eigenvalue weighted by atomic mass is 35.5. The van der Waals surface area contributed by atoms with Crippen LogP contribution in [0.3, 0.4) is 0 Å². The van der Waals surface area contributed by atoms with Crippen molar-refractivity contribution in [3.8, 4) is 0 Å². The Labute approximate surface area is 133 Å². The Kier molecular flexibility index (Phi) is 4.86. The van der Waals surface area contributed by atoms with E-state index in [0.29, 0.717) is 15.2 Å². The zero-order valence-corrected chi connectivity index (χ0v) is 13.4. The van der Waals surface area contributed by atoms with Crippen LogP contribution in [0.1, 0.15) is 12.6 Å². The molecule has 0 spiro atoms. The number of nitrogens with one attached hydrogen (secondary N) is 2. The molecule has 0 fully saturated rings. The van der Waals surface area contributed by atoms with Crippen molar-refractivity contribution in [2.45, 2.75) is 20.4 Å². The number of benzene rings is 1. The standard InChI is InChI=1S/C13H14Cl2N4S/c1-3-19-7-12(8(2)18-19)17-13(20)16-9-4-5-10(14)11(15)6-9/h4-7H,3H2,1-2H3,(H2,16,17,20). The van der Waals surface area contributed by atoms with Gasteiger partial charge in [-0.1, -0.05) is 23.2 Å². The lowest BCUT2D eigenvalue weighted by atomic mass is 10.3. The van der Waals surface area contributed by atoms with Crippen LogP contribution in [0, 0.1) is 6.92 Å². The molecule has 1 aromatic heterocycles. The second kappa shape index (κ2) is 6.43. The molecule has 0 radical (unpaired) electrons. The normalized spacial score (nSPS) is 10.4. The van der Waals surface area contributed by atoms with Crippen molar-refractivity contribution < 1.29 is 0 Å². The number of hydrogen-bond donors (Lipinski definition) is 2. The Bertz CT molecular complexity index is 639. The first-order chi connectivity index (χ1) is 9.49. The van der Waals surface area contributed by atoms with Gasteiger partial charge in [0, 0.05) is 18.4 Å². The summed E-state index contributed by atoms with van der Waals surface area (Å²) in [4.78, 5) is 0. The second-order valence-corrected chi connectivity index (χ2v) is 5.41. The molecule has 7 heteroatoms. The predicted molar refractivity (Wildman–Crippen MR) is 88.9 cm³/mol. The highest BCUT2D eigenvalue weighted by Crippen LogP contribution is 2.25. The summed E-state index contributed by atoms with van der Waals surface area (Å²) in [6, 6.07) is 5.25. The quantitative estimate of drug-likeness (QED) is 0.823. The zero-order valence-electron chi connectivity index (χ0n) is 11.1. The third kappa shape index (κ3) is 3.62. The van der Waals surface area contributed by atoms with Gasteiger partial charge in [0.25, 0.3) is 0 Å². The molecule has 0 saturated carbocycles. The summed E-state index contributed by atoms with van der Waals surface area (Å²) < 4.78 is 1.85. The van der Waals surface area contributed by atoms with E-state index >= 15 is 0 Å². The van der Waals surface area contributed by atoms with E-state index < -0.39 is 0 Å². The number of aromatic nitrogens is 2. The first-order valence-corrected chi connectivity index (χ1v) is 7.23. The van der Waals surface area contributed by atoms with Crippen molar-refractivity contribution in [2.75, 3.05) is 10.6 Å². The van der Waals surface area contributed by atoms with Gasteiger partial charge in [-0.3, -0.25) is 4.68 Å². The molecule has 1 aromatic carbocycles. The van der Waals surface area contributed by atoms with Crippen LogP contribution in [-0.4, -0.2) is 14.9 Å². The molecular weight excluding hydrogens is 315 g/mol. The van der Waals surface area contributed by atoms with Crippen molar-refractivity contribution in [3.05, 3.63) is 40.1 Å². The minimum atomic E-state index is 0.474. The predicted octanol–water partition coefficient (Wildman–Crippen LogP) is 4.33. The maximum Gasteiger partial charge on any atom is 0.175 e. The van der Waals surface area contributed by atoms with Gasteiger partial charge in [-0.15, -0.1) is 0 Å².